The van der Waals surface area contributed by atoms with Crippen LogP contribution >= 0.6 is 0 Å². The van der Waals surface area contributed by atoms with E-state index in [4.69, 9.17) is 46.4 Å². The first kappa shape index (κ1) is 30.1. The molecule has 0 heterocycles. The fraction of sp³-hybridized carbons (Fsp3) is 0.947. The fourth-order valence-electron chi connectivity index (χ4n) is 2.68. The summed E-state index contributed by atoms with van der Waals surface area (Å²) in [5.41, 5.74) is -1.00. The third-order valence-corrected chi connectivity index (χ3v) is 7.56. The first-order valence-electron chi connectivity index (χ1n) is 10.2. The van der Waals surface area contributed by atoms with Gasteiger partial charge in [-0.25, -0.2) is 0 Å². The second-order valence-electron chi connectivity index (χ2n) is 6.51. The molecule has 0 saturated carbocycles. The number of methoxy groups -OCH3 is 3. The lowest BCUT2D eigenvalue weighted by molar-refractivity contribution is -0.398. The van der Waals surface area contributed by atoms with Crippen LogP contribution in [0.5, 0.6) is 0 Å². The molecule has 11 nitrogen and oxygen atoms in total. The van der Waals surface area contributed by atoms with E-state index in [1.165, 1.54) is 21.3 Å². The molecule has 0 saturated heterocycles. The minimum atomic E-state index is -4.22. The second-order valence-corrected chi connectivity index (χ2v) is 8.98. The summed E-state index contributed by atoms with van der Waals surface area (Å²) < 4.78 is 57.4. The van der Waals surface area contributed by atoms with Crippen molar-refractivity contribution < 1.29 is 46.4 Å². The van der Waals surface area contributed by atoms with Crippen LogP contribution in [-0.4, -0.2) is 73.6 Å². The van der Waals surface area contributed by atoms with Crippen molar-refractivity contribution >= 4 is 8.80 Å². The lowest BCUT2D eigenvalue weighted by Crippen LogP contribution is -2.68. The smallest absolute Gasteiger partial charge is 0.420 e. The van der Waals surface area contributed by atoms with Gasteiger partial charge in [0.05, 0.1) is 0 Å². The molecule has 0 spiro atoms. The van der Waals surface area contributed by atoms with Gasteiger partial charge in [-0.3, -0.25) is 0 Å². The molecule has 184 valence electrons. The molecule has 12 heteroatoms. The Morgan fingerprint density at radius 2 is 1.03 bits per heavy atom. The maximum atomic E-state index is 9.30. The van der Waals surface area contributed by atoms with Crippen molar-refractivity contribution in [2.45, 2.75) is 78.5 Å². The Morgan fingerprint density at radius 3 is 1.23 bits per heavy atom. The summed E-state index contributed by atoms with van der Waals surface area (Å²) in [6.45, 7) is 12.5. The van der Waals surface area contributed by atoms with Crippen molar-refractivity contribution in [2.24, 2.45) is 0 Å². The van der Waals surface area contributed by atoms with Gasteiger partial charge in [0.25, 0.3) is 24.2 Å². The molecule has 0 aromatic carbocycles. The van der Waals surface area contributed by atoms with E-state index < -0.39 is 32.5 Å². The van der Waals surface area contributed by atoms with E-state index in [1.807, 2.05) is 0 Å². The van der Waals surface area contributed by atoms with Crippen molar-refractivity contribution in [2.75, 3.05) is 41.2 Å². The van der Waals surface area contributed by atoms with Crippen molar-refractivity contribution in [3.8, 4) is 6.26 Å². The van der Waals surface area contributed by atoms with Crippen molar-refractivity contribution in [1.82, 2.24) is 0 Å². The summed E-state index contributed by atoms with van der Waals surface area (Å²) >= 11 is 0. The zero-order chi connectivity index (χ0) is 24.2. The topological polar surface area (TPSA) is 116 Å². The molecule has 0 aromatic rings. The van der Waals surface area contributed by atoms with Crippen LogP contribution in [0.25, 0.3) is 0 Å². The second kappa shape index (κ2) is 13.6. The Morgan fingerprint density at radius 1 is 0.710 bits per heavy atom. The van der Waals surface area contributed by atoms with Gasteiger partial charge < -0.3 is 46.4 Å². The Kier molecular flexibility index (Phi) is 13.3. The fourth-order valence-corrected chi connectivity index (χ4v) is 5.87. The Hall–Kier alpha value is -0.853. The monoisotopic (exact) mass is 469 g/mol. The summed E-state index contributed by atoms with van der Waals surface area (Å²) in [6, 6.07) is 0. The summed E-state index contributed by atoms with van der Waals surface area (Å²) in [5.74, 6) is -4.85. The lowest BCUT2D eigenvalue weighted by atomic mass is 10.5. The van der Waals surface area contributed by atoms with Crippen molar-refractivity contribution in [3.05, 3.63) is 0 Å². The van der Waals surface area contributed by atoms with Crippen LogP contribution in [0.4, 0.5) is 0 Å². The van der Waals surface area contributed by atoms with Crippen LogP contribution in [0, 0.1) is 11.5 Å². The summed E-state index contributed by atoms with van der Waals surface area (Å²) in [4.78, 5) is 0. The maximum Gasteiger partial charge on any atom is 0.556 e. The SMILES string of the molecule is CCOC(C)(OC)O[Si](OC(C)(OC)OCC)(OC(C)(OC)OCC)C(CC)OC#N. The maximum absolute atomic E-state index is 9.30. The van der Waals surface area contributed by atoms with E-state index in [0.717, 1.165) is 0 Å². The highest BCUT2D eigenvalue weighted by atomic mass is 28.4. The molecule has 0 aliphatic carbocycles. The van der Waals surface area contributed by atoms with E-state index in [9.17, 15) is 5.26 Å². The van der Waals surface area contributed by atoms with Crippen molar-refractivity contribution in [1.29, 1.82) is 5.26 Å². The molecule has 0 rings (SSSR count). The largest absolute Gasteiger partial charge is 0.556 e. The van der Waals surface area contributed by atoms with Gasteiger partial charge in [0.15, 0.2) is 5.73 Å². The van der Waals surface area contributed by atoms with Gasteiger partial charge in [-0.15, -0.1) is 0 Å². The number of hydrogen-bond acceptors (Lipinski definition) is 11. The third-order valence-electron chi connectivity index (χ3n) is 4.28. The molecule has 0 aromatic heterocycles. The predicted octanol–water partition coefficient (Wildman–Crippen LogP) is 2.86. The third kappa shape index (κ3) is 8.89. The molecular weight excluding hydrogens is 430 g/mol. The molecule has 4 unspecified atom stereocenters. The zero-order valence-electron chi connectivity index (χ0n) is 20.4. The average Bonchev–Trinajstić information content (AvgIpc) is 2.72. The van der Waals surface area contributed by atoms with Crippen LogP contribution in [-0.2, 0) is 46.4 Å². The molecule has 0 bridgehead atoms. The minimum absolute atomic E-state index is 0.255. The molecule has 0 aliphatic heterocycles. The van der Waals surface area contributed by atoms with Crippen LogP contribution in [0.3, 0.4) is 0 Å². The Labute approximate surface area is 187 Å². The number of rotatable bonds is 18. The number of ether oxygens (including phenoxy) is 7. The Balaban J connectivity index is 6.74. The van der Waals surface area contributed by atoms with Crippen LogP contribution in [0.15, 0.2) is 0 Å². The first-order chi connectivity index (χ1) is 14.5. The van der Waals surface area contributed by atoms with Gasteiger partial charge in [0.1, 0.15) is 0 Å². The van der Waals surface area contributed by atoms with E-state index >= 15 is 0 Å². The molecule has 0 fully saturated rings. The highest BCUT2D eigenvalue weighted by molar-refractivity contribution is 6.62. The van der Waals surface area contributed by atoms with Crippen molar-refractivity contribution in [3.63, 3.8) is 0 Å². The van der Waals surface area contributed by atoms with Gasteiger partial charge in [0, 0.05) is 61.9 Å². The van der Waals surface area contributed by atoms with Crippen LogP contribution in [0.1, 0.15) is 54.9 Å². The number of nitrogens with zero attached hydrogens (tertiary/aromatic N) is 1. The minimum Gasteiger partial charge on any atom is -0.420 e. The molecule has 0 radical (unpaired) electrons. The predicted molar refractivity (Wildman–Crippen MR) is 111 cm³/mol. The van der Waals surface area contributed by atoms with Gasteiger partial charge in [0.2, 0.25) is 0 Å². The normalized spacial score (nSPS) is 20.5. The van der Waals surface area contributed by atoms with Gasteiger partial charge in [-0.2, -0.15) is 5.26 Å². The van der Waals surface area contributed by atoms with E-state index in [0.29, 0.717) is 0 Å². The quantitative estimate of drug-likeness (QED) is 0.168. The van der Waals surface area contributed by atoms with Crippen LogP contribution < -0.4 is 0 Å². The Bertz CT molecular complexity index is 495. The van der Waals surface area contributed by atoms with E-state index in [1.54, 1.807) is 54.7 Å². The molecular formula is C19H39NO10Si. The molecule has 0 amide bonds. The van der Waals surface area contributed by atoms with Gasteiger partial charge >= 0.3 is 8.80 Å². The van der Waals surface area contributed by atoms with E-state index in [-0.39, 0.29) is 26.2 Å². The summed E-state index contributed by atoms with van der Waals surface area (Å²) in [5, 5.41) is 9.30. The van der Waals surface area contributed by atoms with Gasteiger partial charge in [-0.1, -0.05) is 6.92 Å². The first-order valence-corrected chi connectivity index (χ1v) is 12.0. The zero-order valence-corrected chi connectivity index (χ0v) is 21.4. The highest BCUT2D eigenvalue weighted by Crippen LogP contribution is 2.36. The molecule has 31 heavy (non-hydrogen) atoms. The molecule has 0 aliphatic rings. The summed E-state index contributed by atoms with van der Waals surface area (Å²) in [7, 11) is -0.0220. The van der Waals surface area contributed by atoms with Gasteiger partial charge in [-0.05, 0) is 27.2 Å². The molecule has 0 N–H and O–H groups in total. The number of hydrogen-bond donors (Lipinski definition) is 0. The number of nitriles is 1. The standard InChI is InChI=1S/C19H39NO10Si/c1-11-16(24-15-20)31(28-17(5,21-8)25-12-2,29-18(6,22-9)26-13-3)30-19(7,23-10)27-14-4/h16H,11-14H2,1-10H3. The van der Waals surface area contributed by atoms with Crippen LogP contribution in [0.2, 0.25) is 0 Å². The summed E-state index contributed by atoms with van der Waals surface area (Å²) in [6.07, 6.45) is 1.95. The average molecular weight is 470 g/mol. The highest BCUT2D eigenvalue weighted by Gasteiger charge is 2.63. The lowest BCUT2D eigenvalue weighted by Gasteiger charge is -2.46. The molecule has 4 atom stereocenters. The van der Waals surface area contributed by atoms with E-state index in [2.05, 4.69) is 0 Å².